The molecule has 19 heavy (non-hydrogen) atoms. The minimum Gasteiger partial charge on any atom is -0.267 e. The van der Waals surface area contributed by atoms with Gasteiger partial charge in [0.25, 0.3) is 5.91 Å². The zero-order valence-corrected chi connectivity index (χ0v) is 12.8. The Balaban J connectivity index is 2.03. The summed E-state index contributed by atoms with van der Waals surface area (Å²) in [5.74, 6) is -0.134. The average molecular weight is 292 g/mol. The van der Waals surface area contributed by atoms with Gasteiger partial charge in [-0.05, 0) is 38.0 Å². The highest BCUT2D eigenvalue weighted by molar-refractivity contribution is 7.13. The third-order valence-electron chi connectivity index (χ3n) is 2.82. The van der Waals surface area contributed by atoms with Crippen molar-refractivity contribution in [1.82, 2.24) is 5.43 Å². The molecule has 100 valence electrons. The predicted molar refractivity (Wildman–Crippen MR) is 82.6 cm³/mol. The molecule has 5 heteroatoms. The summed E-state index contributed by atoms with van der Waals surface area (Å²) < 4.78 is 0. The number of aryl methyl sites for hydroxylation is 2. The Morgan fingerprint density at radius 1 is 1.42 bits per heavy atom. The molecule has 0 saturated heterocycles. The molecule has 0 aromatic carbocycles. The summed E-state index contributed by atoms with van der Waals surface area (Å²) in [5.41, 5.74) is 4.44. The molecule has 2 heterocycles. The van der Waals surface area contributed by atoms with Crippen molar-refractivity contribution in [2.24, 2.45) is 5.10 Å². The molecule has 0 radical (unpaired) electrons. The number of thiophene rings is 2. The number of hydrogen-bond donors (Lipinski definition) is 1. The van der Waals surface area contributed by atoms with Crippen LogP contribution in [-0.2, 0) is 6.42 Å². The molecule has 0 fully saturated rings. The molecule has 1 N–H and O–H groups in total. The van der Waals surface area contributed by atoms with E-state index in [0.29, 0.717) is 0 Å². The summed E-state index contributed by atoms with van der Waals surface area (Å²) >= 11 is 3.25. The van der Waals surface area contributed by atoms with Gasteiger partial charge in [0.2, 0.25) is 0 Å². The largest absolute Gasteiger partial charge is 0.272 e. The molecule has 2 rings (SSSR count). The number of amides is 1. The third-order valence-corrected chi connectivity index (χ3v) is 4.71. The SMILES string of the molecule is CCc1c(C(=O)N/N=C\c2ccc(C)s2)csc1C. The van der Waals surface area contributed by atoms with E-state index in [1.54, 1.807) is 28.9 Å². The molecule has 0 bridgehead atoms. The van der Waals surface area contributed by atoms with Crippen molar-refractivity contribution in [3.63, 3.8) is 0 Å². The first-order valence-corrected chi connectivity index (χ1v) is 7.78. The molecular formula is C14H16N2OS2. The summed E-state index contributed by atoms with van der Waals surface area (Å²) in [6.45, 7) is 6.14. The molecule has 0 unspecified atom stereocenters. The minimum atomic E-state index is -0.134. The van der Waals surface area contributed by atoms with Crippen molar-refractivity contribution >= 4 is 34.8 Å². The molecule has 1 amide bonds. The van der Waals surface area contributed by atoms with Crippen LogP contribution >= 0.6 is 22.7 Å². The molecule has 2 aromatic rings. The lowest BCUT2D eigenvalue weighted by Gasteiger charge is -2.01. The van der Waals surface area contributed by atoms with E-state index in [2.05, 4.69) is 17.5 Å². The van der Waals surface area contributed by atoms with Crippen molar-refractivity contribution in [2.75, 3.05) is 0 Å². The Kier molecular flexibility index (Phi) is 4.50. The van der Waals surface area contributed by atoms with Crippen LogP contribution < -0.4 is 5.43 Å². The Hall–Kier alpha value is -1.46. The zero-order chi connectivity index (χ0) is 13.8. The number of hydrogen-bond acceptors (Lipinski definition) is 4. The second kappa shape index (κ2) is 6.12. The second-order valence-electron chi connectivity index (χ2n) is 4.19. The first-order valence-electron chi connectivity index (χ1n) is 6.08. The van der Waals surface area contributed by atoms with Crippen molar-refractivity contribution in [1.29, 1.82) is 0 Å². The maximum absolute atomic E-state index is 12.0. The van der Waals surface area contributed by atoms with E-state index >= 15 is 0 Å². The van der Waals surface area contributed by atoms with Crippen LogP contribution in [0.2, 0.25) is 0 Å². The van der Waals surface area contributed by atoms with Crippen LogP contribution in [0.5, 0.6) is 0 Å². The monoisotopic (exact) mass is 292 g/mol. The Labute approximate surface area is 121 Å². The standard InChI is InChI=1S/C14H16N2OS2/c1-4-12-10(3)18-8-13(12)14(17)16-15-7-11-6-5-9(2)19-11/h5-8H,4H2,1-3H3,(H,16,17)/b15-7-. The van der Waals surface area contributed by atoms with E-state index in [1.807, 2.05) is 31.4 Å². The lowest BCUT2D eigenvalue weighted by atomic mass is 10.1. The number of nitrogens with one attached hydrogen (secondary N) is 1. The number of hydrazone groups is 1. The summed E-state index contributed by atoms with van der Waals surface area (Å²) in [4.78, 5) is 15.5. The third kappa shape index (κ3) is 3.30. The zero-order valence-electron chi connectivity index (χ0n) is 11.2. The first-order chi connectivity index (χ1) is 9.11. The van der Waals surface area contributed by atoms with Crippen LogP contribution in [0, 0.1) is 13.8 Å². The molecular weight excluding hydrogens is 276 g/mol. The summed E-state index contributed by atoms with van der Waals surface area (Å²) in [6, 6.07) is 4.02. The van der Waals surface area contributed by atoms with Crippen LogP contribution in [0.25, 0.3) is 0 Å². The second-order valence-corrected chi connectivity index (χ2v) is 6.59. The maximum Gasteiger partial charge on any atom is 0.272 e. The molecule has 2 aromatic heterocycles. The van der Waals surface area contributed by atoms with Crippen LogP contribution in [-0.4, -0.2) is 12.1 Å². The van der Waals surface area contributed by atoms with Crippen LogP contribution in [0.15, 0.2) is 22.6 Å². The number of rotatable bonds is 4. The quantitative estimate of drug-likeness (QED) is 0.676. The smallest absolute Gasteiger partial charge is 0.267 e. The van der Waals surface area contributed by atoms with E-state index in [-0.39, 0.29) is 5.91 Å². The topological polar surface area (TPSA) is 41.5 Å². The molecule has 0 aliphatic heterocycles. The van der Waals surface area contributed by atoms with Gasteiger partial charge in [-0.1, -0.05) is 6.92 Å². The fourth-order valence-electron chi connectivity index (χ4n) is 1.85. The van der Waals surface area contributed by atoms with Gasteiger partial charge in [-0.15, -0.1) is 22.7 Å². The van der Waals surface area contributed by atoms with Crippen molar-refractivity contribution in [2.45, 2.75) is 27.2 Å². The van der Waals surface area contributed by atoms with Gasteiger partial charge in [0.05, 0.1) is 11.8 Å². The summed E-state index contributed by atoms with van der Waals surface area (Å²) in [6.07, 6.45) is 2.55. The minimum absolute atomic E-state index is 0.134. The summed E-state index contributed by atoms with van der Waals surface area (Å²) in [5, 5.41) is 5.90. The van der Waals surface area contributed by atoms with Gasteiger partial charge in [0.15, 0.2) is 0 Å². The number of carbonyl (C=O) groups excluding carboxylic acids is 1. The molecule has 0 aliphatic carbocycles. The van der Waals surface area contributed by atoms with E-state index in [4.69, 9.17) is 0 Å². The van der Waals surface area contributed by atoms with E-state index in [1.165, 1.54) is 9.75 Å². The fourth-order valence-corrected chi connectivity index (χ4v) is 3.54. The Morgan fingerprint density at radius 3 is 2.84 bits per heavy atom. The van der Waals surface area contributed by atoms with Crippen molar-refractivity contribution in [3.8, 4) is 0 Å². The van der Waals surface area contributed by atoms with Crippen LogP contribution in [0.4, 0.5) is 0 Å². The highest BCUT2D eigenvalue weighted by atomic mass is 32.1. The number of nitrogens with zero attached hydrogens (tertiary/aromatic N) is 1. The molecule has 0 aliphatic rings. The predicted octanol–water partition coefficient (Wildman–Crippen LogP) is 3.75. The fraction of sp³-hybridized carbons (Fsp3) is 0.286. The maximum atomic E-state index is 12.0. The van der Waals surface area contributed by atoms with Gasteiger partial charge in [0.1, 0.15) is 0 Å². The highest BCUT2D eigenvalue weighted by Gasteiger charge is 2.13. The molecule has 3 nitrogen and oxygen atoms in total. The van der Waals surface area contributed by atoms with Gasteiger partial charge < -0.3 is 0 Å². The Morgan fingerprint density at radius 2 is 2.21 bits per heavy atom. The summed E-state index contributed by atoms with van der Waals surface area (Å²) in [7, 11) is 0. The molecule has 0 spiro atoms. The molecule has 0 saturated carbocycles. The van der Waals surface area contributed by atoms with Crippen LogP contribution in [0.3, 0.4) is 0 Å². The van der Waals surface area contributed by atoms with Gasteiger partial charge in [-0.2, -0.15) is 5.10 Å². The van der Waals surface area contributed by atoms with E-state index in [0.717, 1.165) is 22.4 Å². The van der Waals surface area contributed by atoms with Gasteiger partial charge in [-0.3, -0.25) is 4.79 Å². The molecule has 0 atom stereocenters. The van der Waals surface area contributed by atoms with Gasteiger partial charge in [0, 0.05) is 20.0 Å². The normalized spacial score (nSPS) is 11.1. The van der Waals surface area contributed by atoms with E-state index in [9.17, 15) is 4.79 Å². The van der Waals surface area contributed by atoms with Crippen LogP contribution in [0.1, 0.15) is 37.5 Å². The average Bonchev–Trinajstić information content (AvgIpc) is 2.95. The lowest BCUT2D eigenvalue weighted by molar-refractivity contribution is 0.0954. The highest BCUT2D eigenvalue weighted by Crippen LogP contribution is 2.22. The van der Waals surface area contributed by atoms with Crippen molar-refractivity contribution < 1.29 is 4.79 Å². The lowest BCUT2D eigenvalue weighted by Crippen LogP contribution is -2.18. The van der Waals surface area contributed by atoms with Crippen molar-refractivity contribution in [3.05, 3.63) is 43.3 Å². The van der Waals surface area contributed by atoms with E-state index < -0.39 is 0 Å². The van der Waals surface area contributed by atoms with Gasteiger partial charge in [-0.25, -0.2) is 5.43 Å². The Bertz CT molecular complexity index is 611. The number of carbonyl (C=O) groups is 1. The first kappa shape index (κ1) is 14.0. The van der Waals surface area contributed by atoms with Gasteiger partial charge >= 0.3 is 0 Å².